The minimum Gasteiger partial charge on any atom is -0.508 e. The number of benzene rings is 2. The number of ether oxygens (including phenoxy) is 1. The lowest BCUT2D eigenvalue weighted by Crippen LogP contribution is -2.45. The molecule has 23 heavy (non-hydrogen) atoms. The molecular weight excluding hydrogens is 288 g/mol. The number of hydrogen-bond acceptors (Lipinski definition) is 4. The molecule has 2 aromatic carbocycles. The van der Waals surface area contributed by atoms with E-state index in [0.717, 1.165) is 29.0 Å². The van der Waals surface area contributed by atoms with E-state index in [1.165, 1.54) is 0 Å². The highest BCUT2D eigenvalue weighted by Crippen LogP contribution is 2.33. The van der Waals surface area contributed by atoms with Crippen LogP contribution in [0.3, 0.4) is 0 Å². The zero-order valence-corrected chi connectivity index (χ0v) is 13.7. The molecule has 1 aliphatic heterocycles. The van der Waals surface area contributed by atoms with Gasteiger partial charge < -0.3 is 9.84 Å². The Labute approximate surface area is 136 Å². The Balaban J connectivity index is 1.94. The second-order valence-corrected chi connectivity index (χ2v) is 6.31. The van der Waals surface area contributed by atoms with Gasteiger partial charge in [0.25, 0.3) is 0 Å². The fraction of sp³-hybridized carbons (Fsp3) is 0.316. The number of para-hydroxylation sites is 1. The molecule has 0 radical (unpaired) electrons. The Morgan fingerprint density at radius 1 is 1.13 bits per heavy atom. The molecule has 1 heterocycles. The van der Waals surface area contributed by atoms with Crippen LogP contribution in [-0.2, 0) is 0 Å². The van der Waals surface area contributed by atoms with Gasteiger partial charge >= 0.3 is 0 Å². The van der Waals surface area contributed by atoms with E-state index in [9.17, 15) is 5.11 Å². The number of phenolic OH excluding ortho intramolecular Hbond substituents is 1. The minimum absolute atomic E-state index is 0.0285. The van der Waals surface area contributed by atoms with Gasteiger partial charge in [0, 0.05) is 23.7 Å². The standard InChI is InChI=1S/C19H22N2O2/c1-19(2)20-16(13-8-10-14(23-3)11-9-13)12-17(21-19)15-6-4-5-7-18(15)22/h4-11,17,21-22H,12H2,1-3H3/t17-/m1/s1. The van der Waals surface area contributed by atoms with Crippen molar-refractivity contribution in [3.8, 4) is 11.5 Å². The van der Waals surface area contributed by atoms with Crippen molar-refractivity contribution < 1.29 is 9.84 Å². The summed E-state index contributed by atoms with van der Waals surface area (Å²) in [6.45, 7) is 4.09. The summed E-state index contributed by atoms with van der Waals surface area (Å²) < 4.78 is 5.22. The van der Waals surface area contributed by atoms with Gasteiger partial charge in [0.1, 0.15) is 17.2 Å². The Hall–Kier alpha value is -2.33. The van der Waals surface area contributed by atoms with Gasteiger partial charge in [-0.15, -0.1) is 0 Å². The molecule has 0 saturated carbocycles. The molecule has 0 fully saturated rings. The first kappa shape index (κ1) is 15.6. The summed E-state index contributed by atoms with van der Waals surface area (Å²) in [5, 5.41) is 13.7. The van der Waals surface area contributed by atoms with Crippen molar-refractivity contribution in [2.45, 2.75) is 32.0 Å². The molecule has 2 N–H and O–H groups in total. The van der Waals surface area contributed by atoms with Crippen LogP contribution in [0.1, 0.15) is 37.4 Å². The first-order valence-electron chi connectivity index (χ1n) is 7.77. The Morgan fingerprint density at radius 3 is 2.48 bits per heavy atom. The van der Waals surface area contributed by atoms with Crippen molar-refractivity contribution in [3.63, 3.8) is 0 Å². The van der Waals surface area contributed by atoms with Gasteiger partial charge in [0.2, 0.25) is 0 Å². The lowest BCUT2D eigenvalue weighted by molar-refractivity contribution is 0.328. The van der Waals surface area contributed by atoms with E-state index in [1.807, 2.05) is 56.3 Å². The highest BCUT2D eigenvalue weighted by molar-refractivity contribution is 6.01. The molecule has 0 bridgehead atoms. The predicted molar refractivity (Wildman–Crippen MR) is 92.2 cm³/mol. The van der Waals surface area contributed by atoms with Crippen molar-refractivity contribution in [2.75, 3.05) is 7.11 Å². The minimum atomic E-state index is -0.388. The maximum Gasteiger partial charge on any atom is 0.120 e. The molecule has 1 atom stereocenters. The molecule has 0 aliphatic carbocycles. The summed E-state index contributed by atoms with van der Waals surface area (Å²) in [5.74, 6) is 1.15. The van der Waals surface area contributed by atoms with Gasteiger partial charge in [-0.2, -0.15) is 0 Å². The van der Waals surface area contributed by atoms with E-state index in [1.54, 1.807) is 13.2 Å². The van der Waals surface area contributed by atoms with Crippen LogP contribution in [0.4, 0.5) is 0 Å². The molecule has 4 nitrogen and oxygen atoms in total. The number of methoxy groups -OCH3 is 1. The lowest BCUT2D eigenvalue weighted by atomic mass is 9.92. The summed E-state index contributed by atoms with van der Waals surface area (Å²) in [5.41, 5.74) is 2.63. The van der Waals surface area contributed by atoms with Crippen LogP contribution in [0.25, 0.3) is 0 Å². The van der Waals surface area contributed by atoms with Crippen LogP contribution in [-0.4, -0.2) is 23.6 Å². The van der Waals surface area contributed by atoms with Crippen molar-refractivity contribution in [2.24, 2.45) is 4.99 Å². The van der Waals surface area contributed by atoms with Crippen molar-refractivity contribution in [1.29, 1.82) is 0 Å². The van der Waals surface area contributed by atoms with E-state index in [0.29, 0.717) is 5.75 Å². The fourth-order valence-electron chi connectivity index (χ4n) is 3.02. The monoisotopic (exact) mass is 310 g/mol. The van der Waals surface area contributed by atoms with Gasteiger partial charge in [-0.25, -0.2) is 0 Å². The molecule has 3 rings (SSSR count). The number of nitrogens with zero attached hydrogens (tertiary/aromatic N) is 1. The van der Waals surface area contributed by atoms with E-state index < -0.39 is 0 Å². The maximum absolute atomic E-state index is 10.2. The van der Waals surface area contributed by atoms with Crippen molar-refractivity contribution in [1.82, 2.24) is 5.32 Å². The second kappa shape index (κ2) is 6.05. The van der Waals surface area contributed by atoms with Crippen LogP contribution in [0.15, 0.2) is 53.5 Å². The van der Waals surface area contributed by atoms with Crippen molar-refractivity contribution >= 4 is 5.71 Å². The number of aliphatic imine (C=N–C) groups is 1. The zero-order chi connectivity index (χ0) is 16.4. The third kappa shape index (κ3) is 3.37. The first-order valence-corrected chi connectivity index (χ1v) is 7.77. The Kier molecular flexibility index (Phi) is 4.09. The molecule has 1 aliphatic rings. The van der Waals surface area contributed by atoms with Gasteiger partial charge in [-0.1, -0.05) is 18.2 Å². The van der Waals surface area contributed by atoms with Crippen LogP contribution < -0.4 is 10.1 Å². The Morgan fingerprint density at radius 2 is 1.83 bits per heavy atom. The predicted octanol–water partition coefficient (Wildman–Crippen LogP) is 3.66. The zero-order valence-electron chi connectivity index (χ0n) is 13.7. The van der Waals surface area contributed by atoms with Gasteiger partial charge in [0.05, 0.1) is 7.11 Å². The normalized spacial score (nSPS) is 20.0. The van der Waals surface area contributed by atoms with Gasteiger partial charge in [0.15, 0.2) is 0 Å². The molecule has 0 unspecified atom stereocenters. The van der Waals surface area contributed by atoms with E-state index in [2.05, 4.69) is 5.32 Å². The lowest BCUT2D eigenvalue weighted by Gasteiger charge is -2.35. The number of aromatic hydroxyl groups is 1. The van der Waals surface area contributed by atoms with Gasteiger partial charge in [-0.3, -0.25) is 10.3 Å². The number of nitrogens with one attached hydrogen (secondary N) is 1. The SMILES string of the molecule is COc1ccc(C2=NC(C)(C)N[C@@H](c3ccccc3O)C2)cc1. The summed E-state index contributed by atoms with van der Waals surface area (Å²) in [6.07, 6.45) is 0.729. The summed E-state index contributed by atoms with van der Waals surface area (Å²) >= 11 is 0. The molecule has 4 heteroatoms. The first-order chi connectivity index (χ1) is 11.0. The van der Waals surface area contributed by atoms with Crippen LogP contribution in [0.2, 0.25) is 0 Å². The van der Waals surface area contributed by atoms with Crippen LogP contribution in [0, 0.1) is 0 Å². The maximum atomic E-state index is 10.2. The van der Waals surface area contributed by atoms with E-state index in [4.69, 9.17) is 9.73 Å². The number of hydrogen-bond donors (Lipinski definition) is 2. The largest absolute Gasteiger partial charge is 0.508 e. The molecule has 2 aromatic rings. The Bertz CT molecular complexity index is 720. The highest BCUT2D eigenvalue weighted by atomic mass is 16.5. The van der Waals surface area contributed by atoms with Gasteiger partial charge in [-0.05, 0) is 49.7 Å². The summed E-state index contributed by atoms with van der Waals surface area (Å²) in [6, 6.07) is 15.4. The quantitative estimate of drug-likeness (QED) is 0.909. The van der Waals surface area contributed by atoms with Crippen LogP contribution in [0.5, 0.6) is 11.5 Å². The van der Waals surface area contributed by atoms with Crippen LogP contribution >= 0.6 is 0 Å². The number of rotatable bonds is 3. The topological polar surface area (TPSA) is 53.8 Å². The molecule has 0 aromatic heterocycles. The average molecular weight is 310 g/mol. The third-order valence-corrected chi connectivity index (χ3v) is 4.07. The molecule has 120 valence electrons. The molecular formula is C19H22N2O2. The molecule has 0 amide bonds. The van der Waals surface area contributed by atoms with E-state index >= 15 is 0 Å². The summed E-state index contributed by atoms with van der Waals surface area (Å²) in [4.78, 5) is 4.83. The smallest absolute Gasteiger partial charge is 0.120 e. The van der Waals surface area contributed by atoms with Crippen molar-refractivity contribution in [3.05, 3.63) is 59.7 Å². The summed E-state index contributed by atoms with van der Waals surface area (Å²) in [7, 11) is 1.66. The molecule has 0 spiro atoms. The van der Waals surface area contributed by atoms with E-state index in [-0.39, 0.29) is 11.7 Å². The molecule has 0 saturated heterocycles. The number of phenols is 1. The highest BCUT2D eigenvalue weighted by Gasteiger charge is 2.30. The average Bonchev–Trinajstić information content (AvgIpc) is 2.54. The second-order valence-electron chi connectivity index (χ2n) is 6.31. The third-order valence-electron chi connectivity index (χ3n) is 4.07. The fourth-order valence-corrected chi connectivity index (χ4v) is 3.02.